The summed E-state index contributed by atoms with van der Waals surface area (Å²) in [4.78, 5) is 0.572. The Morgan fingerprint density at radius 1 is 1.50 bits per heavy atom. The molecule has 0 aliphatic heterocycles. The molecule has 0 spiro atoms. The molecule has 0 aliphatic rings. The first-order chi connectivity index (χ1) is 5.79. The molecule has 0 radical (unpaired) electrons. The zero-order chi connectivity index (χ0) is 8.97. The molecule has 0 saturated heterocycles. The van der Waals surface area contributed by atoms with E-state index < -0.39 is 0 Å². The van der Waals surface area contributed by atoms with Crippen LogP contribution in [0.15, 0.2) is 23.1 Å². The Kier molecular flexibility index (Phi) is 3.56. The van der Waals surface area contributed by atoms with Crippen LogP contribution in [0.2, 0.25) is 0 Å². The largest absolute Gasteiger partial charge is 0.392 e. The predicted octanol–water partition coefficient (Wildman–Crippen LogP) is 2.43. The Morgan fingerprint density at radius 3 is 2.83 bits per heavy atom. The van der Waals surface area contributed by atoms with Crippen LogP contribution in [0.25, 0.3) is 0 Å². The van der Waals surface area contributed by atoms with Gasteiger partial charge in [-0.1, -0.05) is 19.1 Å². The summed E-state index contributed by atoms with van der Waals surface area (Å²) >= 11 is 1.42. The molecule has 1 rings (SSSR count). The Labute approximate surface area is 75.6 Å². The zero-order valence-corrected chi connectivity index (χ0v) is 7.70. The standard InChI is InChI=1S/C9H11FOS/c1-2-12-9-7(6-11)4-3-5-8(9)10/h3-5,11H,2,6H2,1H3. The van der Waals surface area contributed by atoms with E-state index in [4.69, 9.17) is 5.11 Å². The van der Waals surface area contributed by atoms with Gasteiger partial charge in [-0.15, -0.1) is 11.8 Å². The number of aliphatic hydroxyl groups is 1. The number of halogens is 1. The summed E-state index contributed by atoms with van der Waals surface area (Å²) in [6.45, 7) is 1.86. The number of hydrogen-bond donors (Lipinski definition) is 1. The van der Waals surface area contributed by atoms with Crippen molar-refractivity contribution >= 4 is 11.8 Å². The van der Waals surface area contributed by atoms with Gasteiger partial charge in [-0.2, -0.15) is 0 Å². The van der Waals surface area contributed by atoms with E-state index >= 15 is 0 Å². The van der Waals surface area contributed by atoms with Crippen molar-refractivity contribution in [1.29, 1.82) is 0 Å². The number of thioether (sulfide) groups is 1. The first-order valence-electron chi connectivity index (χ1n) is 3.80. The SMILES string of the molecule is CCSc1c(F)cccc1CO. The Hall–Kier alpha value is -0.540. The Bertz CT molecular complexity index is 263. The van der Waals surface area contributed by atoms with Crippen molar-refractivity contribution in [1.82, 2.24) is 0 Å². The van der Waals surface area contributed by atoms with Crippen LogP contribution >= 0.6 is 11.8 Å². The third-order valence-electron chi connectivity index (χ3n) is 1.51. The molecule has 0 atom stereocenters. The van der Waals surface area contributed by atoms with E-state index in [0.29, 0.717) is 10.5 Å². The summed E-state index contributed by atoms with van der Waals surface area (Å²) in [5.74, 6) is 0.571. The lowest BCUT2D eigenvalue weighted by atomic mass is 10.2. The van der Waals surface area contributed by atoms with Crippen molar-refractivity contribution in [2.75, 3.05) is 5.75 Å². The molecule has 1 nitrogen and oxygen atoms in total. The normalized spacial score (nSPS) is 10.2. The molecule has 1 N–H and O–H groups in total. The summed E-state index contributed by atoms with van der Waals surface area (Å²) < 4.78 is 13.1. The van der Waals surface area contributed by atoms with Gasteiger partial charge in [-0.05, 0) is 17.4 Å². The summed E-state index contributed by atoms with van der Waals surface area (Å²) in [5, 5.41) is 8.89. The maximum atomic E-state index is 13.1. The molecule has 0 fully saturated rings. The minimum atomic E-state index is -0.242. The maximum Gasteiger partial charge on any atom is 0.137 e. The molecular weight excluding hydrogens is 175 g/mol. The van der Waals surface area contributed by atoms with E-state index in [1.54, 1.807) is 12.1 Å². The van der Waals surface area contributed by atoms with Crippen molar-refractivity contribution in [3.8, 4) is 0 Å². The van der Waals surface area contributed by atoms with Gasteiger partial charge in [0.2, 0.25) is 0 Å². The lowest BCUT2D eigenvalue weighted by Gasteiger charge is -2.05. The van der Waals surface area contributed by atoms with Crippen LogP contribution in [0.4, 0.5) is 4.39 Å². The second-order valence-corrected chi connectivity index (χ2v) is 3.59. The van der Waals surface area contributed by atoms with Crippen LogP contribution in [0.1, 0.15) is 12.5 Å². The Balaban J connectivity index is 3.02. The quantitative estimate of drug-likeness (QED) is 0.731. The van der Waals surface area contributed by atoms with Gasteiger partial charge in [0.05, 0.1) is 6.61 Å². The average Bonchev–Trinajstić information content (AvgIpc) is 2.09. The summed E-state index contributed by atoms with van der Waals surface area (Å²) in [5.41, 5.74) is 0.668. The fourth-order valence-electron chi connectivity index (χ4n) is 0.984. The van der Waals surface area contributed by atoms with E-state index in [1.165, 1.54) is 17.8 Å². The molecule has 3 heteroatoms. The Morgan fingerprint density at radius 2 is 2.25 bits per heavy atom. The van der Waals surface area contributed by atoms with Crippen LogP contribution in [0.3, 0.4) is 0 Å². The van der Waals surface area contributed by atoms with Gasteiger partial charge in [-0.25, -0.2) is 4.39 Å². The van der Waals surface area contributed by atoms with E-state index in [2.05, 4.69) is 0 Å². The molecule has 0 saturated carbocycles. The average molecular weight is 186 g/mol. The lowest BCUT2D eigenvalue weighted by molar-refractivity contribution is 0.277. The second-order valence-electron chi connectivity index (χ2n) is 2.32. The van der Waals surface area contributed by atoms with Gasteiger partial charge in [0.1, 0.15) is 5.82 Å². The van der Waals surface area contributed by atoms with Crippen molar-refractivity contribution in [3.05, 3.63) is 29.6 Å². The van der Waals surface area contributed by atoms with E-state index in [0.717, 1.165) is 5.75 Å². The molecule has 0 amide bonds. The molecular formula is C9H11FOS. The highest BCUT2D eigenvalue weighted by molar-refractivity contribution is 7.99. The van der Waals surface area contributed by atoms with Crippen LogP contribution in [0.5, 0.6) is 0 Å². The third kappa shape index (κ3) is 1.99. The minimum absolute atomic E-state index is 0.0971. The third-order valence-corrected chi connectivity index (χ3v) is 2.54. The van der Waals surface area contributed by atoms with E-state index in [9.17, 15) is 4.39 Å². The van der Waals surface area contributed by atoms with Gasteiger partial charge in [0.25, 0.3) is 0 Å². The molecule has 1 aromatic rings. The minimum Gasteiger partial charge on any atom is -0.392 e. The maximum absolute atomic E-state index is 13.1. The smallest absolute Gasteiger partial charge is 0.137 e. The van der Waals surface area contributed by atoms with Crippen molar-refractivity contribution in [2.45, 2.75) is 18.4 Å². The van der Waals surface area contributed by atoms with Crippen LogP contribution in [-0.2, 0) is 6.61 Å². The lowest BCUT2D eigenvalue weighted by Crippen LogP contribution is -1.91. The first-order valence-corrected chi connectivity index (χ1v) is 4.79. The number of hydrogen-bond acceptors (Lipinski definition) is 2. The fraction of sp³-hybridized carbons (Fsp3) is 0.333. The molecule has 0 aromatic heterocycles. The zero-order valence-electron chi connectivity index (χ0n) is 6.88. The topological polar surface area (TPSA) is 20.2 Å². The highest BCUT2D eigenvalue weighted by Crippen LogP contribution is 2.25. The highest BCUT2D eigenvalue weighted by Gasteiger charge is 2.06. The van der Waals surface area contributed by atoms with Gasteiger partial charge in [0.15, 0.2) is 0 Å². The molecule has 0 aliphatic carbocycles. The summed E-state index contributed by atoms with van der Waals surface area (Å²) in [6.07, 6.45) is 0. The number of aliphatic hydroxyl groups excluding tert-OH is 1. The van der Waals surface area contributed by atoms with Crippen LogP contribution in [0, 0.1) is 5.82 Å². The van der Waals surface area contributed by atoms with Gasteiger partial charge in [-0.3, -0.25) is 0 Å². The van der Waals surface area contributed by atoms with Crippen LogP contribution in [-0.4, -0.2) is 10.9 Å². The number of rotatable bonds is 3. The van der Waals surface area contributed by atoms with Crippen LogP contribution < -0.4 is 0 Å². The molecule has 66 valence electrons. The molecule has 0 heterocycles. The second kappa shape index (κ2) is 4.48. The first kappa shape index (κ1) is 9.55. The summed E-state index contributed by atoms with van der Waals surface area (Å²) in [6, 6.07) is 4.76. The van der Waals surface area contributed by atoms with Gasteiger partial charge >= 0.3 is 0 Å². The summed E-state index contributed by atoms with van der Waals surface area (Å²) in [7, 11) is 0. The number of benzene rings is 1. The van der Waals surface area contributed by atoms with Gasteiger partial charge < -0.3 is 5.11 Å². The van der Waals surface area contributed by atoms with Crippen molar-refractivity contribution in [2.24, 2.45) is 0 Å². The highest BCUT2D eigenvalue weighted by atomic mass is 32.2. The molecule has 0 bridgehead atoms. The van der Waals surface area contributed by atoms with E-state index in [-0.39, 0.29) is 12.4 Å². The fourth-order valence-corrected chi connectivity index (χ4v) is 1.80. The van der Waals surface area contributed by atoms with Gasteiger partial charge in [0, 0.05) is 4.90 Å². The molecule has 1 aromatic carbocycles. The predicted molar refractivity (Wildman–Crippen MR) is 48.7 cm³/mol. The van der Waals surface area contributed by atoms with Crippen molar-refractivity contribution < 1.29 is 9.50 Å². The molecule has 0 unspecified atom stereocenters. The molecule has 12 heavy (non-hydrogen) atoms. The van der Waals surface area contributed by atoms with E-state index in [1.807, 2.05) is 6.92 Å². The monoisotopic (exact) mass is 186 g/mol. The van der Waals surface area contributed by atoms with Crippen molar-refractivity contribution in [3.63, 3.8) is 0 Å².